The fraction of sp³-hybridized carbons (Fsp3) is 0.818. The van der Waals surface area contributed by atoms with Crippen LogP contribution in [0.4, 0.5) is 0 Å². The van der Waals surface area contributed by atoms with Gasteiger partial charge in [-0.25, -0.2) is 0 Å². The first-order valence-corrected chi connectivity index (χ1v) is 5.60. The standard InChI is InChI=1S/C11H21NO4/c1-4-11(5-2,10(14)15)8-12-9(13)7-16-6-3/h4-8H2,1-3H3,(H,12,13)(H,14,15). The number of rotatable bonds is 8. The molecule has 5 nitrogen and oxygen atoms in total. The van der Waals surface area contributed by atoms with Gasteiger partial charge in [-0.15, -0.1) is 0 Å². The highest BCUT2D eigenvalue weighted by Gasteiger charge is 2.34. The number of aliphatic carboxylic acids is 1. The van der Waals surface area contributed by atoms with Crippen LogP contribution in [-0.4, -0.2) is 36.7 Å². The van der Waals surface area contributed by atoms with Crippen LogP contribution in [0.2, 0.25) is 0 Å². The molecular weight excluding hydrogens is 210 g/mol. The Labute approximate surface area is 96.2 Å². The normalized spacial score (nSPS) is 11.2. The summed E-state index contributed by atoms with van der Waals surface area (Å²) in [6, 6.07) is 0. The number of nitrogens with one attached hydrogen (secondary N) is 1. The van der Waals surface area contributed by atoms with Gasteiger partial charge in [-0.3, -0.25) is 9.59 Å². The number of carboxylic acid groups (broad SMARTS) is 1. The molecule has 0 heterocycles. The SMILES string of the molecule is CCOCC(=O)NCC(CC)(CC)C(=O)O. The Morgan fingerprint density at radius 1 is 1.25 bits per heavy atom. The second-order valence-electron chi connectivity index (χ2n) is 3.71. The van der Waals surface area contributed by atoms with E-state index in [9.17, 15) is 9.59 Å². The van der Waals surface area contributed by atoms with Gasteiger partial charge in [0, 0.05) is 13.2 Å². The number of hydrogen-bond donors (Lipinski definition) is 2. The molecule has 0 radical (unpaired) electrons. The Kier molecular flexibility index (Phi) is 6.72. The number of carbonyl (C=O) groups is 2. The third-order valence-electron chi connectivity index (χ3n) is 2.87. The quantitative estimate of drug-likeness (QED) is 0.654. The molecule has 1 amide bonds. The van der Waals surface area contributed by atoms with E-state index >= 15 is 0 Å². The first-order valence-electron chi connectivity index (χ1n) is 5.60. The first-order chi connectivity index (χ1) is 7.52. The van der Waals surface area contributed by atoms with E-state index in [0.29, 0.717) is 19.4 Å². The zero-order chi connectivity index (χ0) is 12.6. The molecule has 0 saturated carbocycles. The van der Waals surface area contributed by atoms with Crippen LogP contribution in [0, 0.1) is 5.41 Å². The van der Waals surface area contributed by atoms with E-state index in [2.05, 4.69) is 5.32 Å². The summed E-state index contributed by atoms with van der Waals surface area (Å²) in [5, 5.41) is 11.7. The summed E-state index contributed by atoms with van der Waals surface area (Å²) in [5.74, 6) is -1.14. The molecule has 0 spiro atoms. The minimum absolute atomic E-state index is 0.0143. The second-order valence-corrected chi connectivity index (χ2v) is 3.71. The molecule has 5 heteroatoms. The van der Waals surface area contributed by atoms with Crippen molar-refractivity contribution in [1.82, 2.24) is 5.32 Å². The molecule has 0 aromatic rings. The molecule has 16 heavy (non-hydrogen) atoms. The van der Waals surface area contributed by atoms with Crippen molar-refractivity contribution in [1.29, 1.82) is 0 Å². The predicted octanol–water partition coefficient (Wildman–Crippen LogP) is 1.03. The van der Waals surface area contributed by atoms with Crippen molar-refractivity contribution in [3.63, 3.8) is 0 Å². The lowest BCUT2D eigenvalue weighted by molar-refractivity contribution is -0.149. The van der Waals surface area contributed by atoms with E-state index in [-0.39, 0.29) is 19.1 Å². The first kappa shape index (κ1) is 14.9. The van der Waals surface area contributed by atoms with E-state index in [1.807, 2.05) is 13.8 Å². The number of ether oxygens (including phenoxy) is 1. The van der Waals surface area contributed by atoms with Crippen molar-refractivity contribution >= 4 is 11.9 Å². The van der Waals surface area contributed by atoms with Gasteiger partial charge in [0.15, 0.2) is 0 Å². The largest absolute Gasteiger partial charge is 0.481 e. The average molecular weight is 231 g/mol. The third kappa shape index (κ3) is 4.18. The van der Waals surface area contributed by atoms with Gasteiger partial charge in [0.2, 0.25) is 5.91 Å². The second kappa shape index (κ2) is 7.22. The fourth-order valence-electron chi connectivity index (χ4n) is 1.39. The van der Waals surface area contributed by atoms with Crippen LogP contribution in [0.15, 0.2) is 0 Å². The van der Waals surface area contributed by atoms with Crippen LogP contribution < -0.4 is 5.32 Å². The van der Waals surface area contributed by atoms with Gasteiger partial charge in [0.1, 0.15) is 6.61 Å². The highest BCUT2D eigenvalue weighted by Crippen LogP contribution is 2.25. The van der Waals surface area contributed by atoms with Crippen molar-refractivity contribution in [2.24, 2.45) is 5.41 Å². The minimum Gasteiger partial charge on any atom is -0.481 e. The molecule has 2 N–H and O–H groups in total. The maximum absolute atomic E-state index is 11.3. The van der Waals surface area contributed by atoms with Gasteiger partial charge in [-0.2, -0.15) is 0 Å². The summed E-state index contributed by atoms with van der Waals surface area (Å²) in [6.45, 7) is 6.03. The van der Waals surface area contributed by atoms with E-state index in [4.69, 9.17) is 9.84 Å². The van der Waals surface area contributed by atoms with E-state index in [0.717, 1.165) is 0 Å². The lowest BCUT2D eigenvalue weighted by Crippen LogP contribution is -2.43. The van der Waals surface area contributed by atoms with Crippen LogP contribution >= 0.6 is 0 Å². The van der Waals surface area contributed by atoms with Crippen LogP contribution in [0.25, 0.3) is 0 Å². The van der Waals surface area contributed by atoms with Gasteiger partial charge in [0.25, 0.3) is 0 Å². The molecule has 0 atom stereocenters. The van der Waals surface area contributed by atoms with Crippen LogP contribution in [-0.2, 0) is 14.3 Å². The van der Waals surface area contributed by atoms with E-state index in [1.54, 1.807) is 6.92 Å². The lowest BCUT2D eigenvalue weighted by atomic mass is 9.82. The van der Waals surface area contributed by atoms with Crippen LogP contribution in [0.3, 0.4) is 0 Å². The monoisotopic (exact) mass is 231 g/mol. The zero-order valence-corrected chi connectivity index (χ0v) is 10.2. The topological polar surface area (TPSA) is 75.6 Å². The summed E-state index contributed by atoms with van der Waals surface area (Å²) in [4.78, 5) is 22.4. The van der Waals surface area contributed by atoms with E-state index in [1.165, 1.54) is 0 Å². The Hall–Kier alpha value is -1.10. The molecule has 0 fully saturated rings. The van der Waals surface area contributed by atoms with Crippen molar-refractivity contribution < 1.29 is 19.4 Å². The number of carboxylic acids is 1. The summed E-state index contributed by atoms with van der Waals surface area (Å²) in [7, 11) is 0. The van der Waals surface area contributed by atoms with Gasteiger partial charge in [-0.1, -0.05) is 13.8 Å². The highest BCUT2D eigenvalue weighted by molar-refractivity contribution is 5.79. The van der Waals surface area contributed by atoms with Gasteiger partial charge < -0.3 is 15.2 Å². The van der Waals surface area contributed by atoms with Gasteiger partial charge >= 0.3 is 5.97 Å². The number of amides is 1. The molecule has 0 aromatic carbocycles. The molecule has 0 saturated heterocycles. The fourth-order valence-corrected chi connectivity index (χ4v) is 1.39. The Morgan fingerprint density at radius 3 is 2.19 bits per heavy atom. The van der Waals surface area contributed by atoms with E-state index < -0.39 is 11.4 Å². The molecule has 0 aromatic heterocycles. The lowest BCUT2D eigenvalue weighted by Gasteiger charge is -2.26. The van der Waals surface area contributed by atoms with Crippen molar-refractivity contribution in [2.45, 2.75) is 33.6 Å². The maximum Gasteiger partial charge on any atom is 0.311 e. The summed E-state index contributed by atoms with van der Waals surface area (Å²) >= 11 is 0. The summed E-state index contributed by atoms with van der Waals surface area (Å²) < 4.78 is 4.93. The Morgan fingerprint density at radius 2 is 1.81 bits per heavy atom. The van der Waals surface area contributed by atoms with Crippen molar-refractivity contribution in [2.75, 3.05) is 19.8 Å². The maximum atomic E-state index is 11.3. The van der Waals surface area contributed by atoms with Gasteiger partial charge in [-0.05, 0) is 19.8 Å². The molecule has 0 unspecified atom stereocenters. The molecule has 0 bridgehead atoms. The molecule has 0 aliphatic heterocycles. The predicted molar refractivity (Wildman–Crippen MR) is 60.2 cm³/mol. The zero-order valence-electron chi connectivity index (χ0n) is 10.2. The Balaban J connectivity index is 4.22. The summed E-state index contributed by atoms with van der Waals surface area (Å²) in [5.41, 5.74) is -0.859. The van der Waals surface area contributed by atoms with Gasteiger partial charge in [0.05, 0.1) is 5.41 Å². The molecule has 0 rings (SSSR count). The van der Waals surface area contributed by atoms with Crippen LogP contribution in [0.5, 0.6) is 0 Å². The summed E-state index contributed by atoms with van der Waals surface area (Å²) in [6.07, 6.45) is 0.988. The molecule has 0 aliphatic rings. The molecule has 94 valence electrons. The molecular formula is C11H21NO4. The van der Waals surface area contributed by atoms with Crippen molar-refractivity contribution in [3.05, 3.63) is 0 Å². The average Bonchev–Trinajstić information content (AvgIpc) is 2.28. The number of hydrogen-bond acceptors (Lipinski definition) is 3. The van der Waals surface area contributed by atoms with Crippen LogP contribution in [0.1, 0.15) is 33.6 Å². The minimum atomic E-state index is -0.866. The highest BCUT2D eigenvalue weighted by atomic mass is 16.5. The molecule has 0 aliphatic carbocycles. The van der Waals surface area contributed by atoms with Crippen molar-refractivity contribution in [3.8, 4) is 0 Å². The third-order valence-corrected chi connectivity index (χ3v) is 2.87. The Bertz CT molecular complexity index is 236. The number of carbonyl (C=O) groups excluding carboxylic acids is 1. The smallest absolute Gasteiger partial charge is 0.311 e.